The topological polar surface area (TPSA) is 117 Å². The number of carbonyl (C=O) groups excluding carboxylic acids is 4. The number of amides is 5. The number of benzene rings is 3. The lowest BCUT2D eigenvalue weighted by molar-refractivity contribution is -0.125. The number of nitrogens with zero attached hydrogens (tertiary/aromatic N) is 1. The summed E-state index contributed by atoms with van der Waals surface area (Å²) in [5, 5.41) is 3.06. The monoisotopic (exact) mass is 492 g/mol. The first kappa shape index (κ1) is 23.8. The Morgan fingerprint density at radius 1 is 0.914 bits per heavy atom. The molecule has 0 unspecified atom stereocenters. The first-order valence-electron chi connectivity index (χ1n) is 10.6. The summed E-state index contributed by atoms with van der Waals surface area (Å²) in [6.07, 6.45) is 0. The lowest BCUT2D eigenvalue weighted by Gasteiger charge is -2.15. The van der Waals surface area contributed by atoms with Crippen LogP contribution >= 0.6 is 11.6 Å². The van der Waals surface area contributed by atoms with Crippen molar-refractivity contribution in [2.45, 2.75) is 13.2 Å². The predicted octanol–water partition coefficient (Wildman–Crippen LogP) is 3.05. The van der Waals surface area contributed by atoms with E-state index in [1.54, 1.807) is 72.8 Å². The zero-order valence-corrected chi connectivity index (χ0v) is 19.2. The molecule has 10 heteroatoms. The molecule has 1 heterocycles. The molecule has 5 amide bonds. The summed E-state index contributed by atoms with van der Waals surface area (Å²) in [4.78, 5) is 49.9. The van der Waals surface area contributed by atoms with Gasteiger partial charge in [-0.15, -0.1) is 0 Å². The van der Waals surface area contributed by atoms with Crippen molar-refractivity contribution in [2.24, 2.45) is 0 Å². The van der Waals surface area contributed by atoms with Crippen molar-refractivity contribution in [2.75, 3.05) is 6.54 Å². The van der Waals surface area contributed by atoms with Crippen molar-refractivity contribution >= 4 is 35.4 Å². The summed E-state index contributed by atoms with van der Waals surface area (Å²) >= 11 is 5.86. The number of hydrazine groups is 1. The molecule has 0 bridgehead atoms. The Labute approximate surface area is 206 Å². The van der Waals surface area contributed by atoms with Crippen LogP contribution in [0.4, 0.5) is 4.79 Å². The predicted molar refractivity (Wildman–Crippen MR) is 128 cm³/mol. The van der Waals surface area contributed by atoms with Crippen molar-refractivity contribution in [3.05, 3.63) is 100 Å². The fourth-order valence-corrected chi connectivity index (χ4v) is 3.49. The maximum Gasteiger partial charge on any atom is 0.324 e. The van der Waals surface area contributed by atoms with Gasteiger partial charge in [-0.3, -0.25) is 30.1 Å². The minimum Gasteiger partial charge on any atom is -0.489 e. The van der Waals surface area contributed by atoms with E-state index in [1.807, 2.05) is 0 Å². The van der Waals surface area contributed by atoms with Gasteiger partial charge in [-0.05, 0) is 53.6 Å². The first-order valence-corrected chi connectivity index (χ1v) is 11.0. The SMILES string of the molecule is O=C(NNC(=O)c1ccccc1CN1C(=O)CNC1=O)c1ccc(COc2ccc(Cl)cc2)cc1. The van der Waals surface area contributed by atoms with Gasteiger partial charge in [0.1, 0.15) is 12.4 Å². The van der Waals surface area contributed by atoms with Crippen LogP contribution in [-0.2, 0) is 17.9 Å². The Kier molecular flexibility index (Phi) is 7.27. The van der Waals surface area contributed by atoms with Gasteiger partial charge in [0, 0.05) is 16.1 Å². The number of ether oxygens (including phenoxy) is 1. The maximum absolute atomic E-state index is 12.7. The molecule has 178 valence electrons. The number of halogens is 1. The lowest BCUT2D eigenvalue weighted by atomic mass is 10.1. The summed E-state index contributed by atoms with van der Waals surface area (Å²) in [5.41, 5.74) is 6.65. The van der Waals surface area contributed by atoms with Crippen molar-refractivity contribution in [1.82, 2.24) is 21.1 Å². The molecular weight excluding hydrogens is 472 g/mol. The Bertz CT molecular complexity index is 1250. The third-order valence-corrected chi connectivity index (χ3v) is 5.50. The van der Waals surface area contributed by atoms with Gasteiger partial charge in [0.05, 0.1) is 13.1 Å². The van der Waals surface area contributed by atoms with Gasteiger partial charge in [0.25, 0.3) is 11.8 Å². The van der Waals surface area contributed by atoms with Gasteiger partial charge in [0.2, 0.25) is 5.91 Å². The highest BCUT2D eigenvalue weighted by atomic mass is 35.5. The third-order valence-electron chi connectivity index (χ3n) is 5.25. The van der Waals surface area contributed by atoms with Crippen LogP contribution in [0.3, 0.4) is 0 Å². The molecule has 3 N–H and O–H groups in total. The van der Waals surface area contributed by atoms with Crippen molar-refractivity contribution in [1.29, 1.82) is 0 Å². The van der Waals surface area contributed by atoms with Gasteiger partial charge >= 0.3 is 6.03 Å². The second kappa shape index (κ2) is 10.7. The van der Waals surface area contributed by atoms with Crippen molar-refractivity contribution in [3.8, 4) is 5.75 Å². The number of carbonyl (C=O) groups is 4. The molecule has 1 fully saturated rings. The lowest BCUT2D eigenvalue weighted by Crippen LogP contribution is -2.42. The molecule has 3 aromatic rings. The van der Waals surface area contributed by atoms with E-state index in [-0.39, 0.29) is 24.6 Å². The van der Waals surface area contributed by atoms with E-state index >= 15 is 0 Å². The molecule has 0 atom stereocenters. The number of hydrogen-bond acceptors (Lipinski definition) is 5. The molecule has 0 radical (unpaired) electrons. The van der Waals surface area contributed by atoms with E-state index in [0.717, 1.165) is 10.5 Å². The van der Waals surface area contributed by atoms with Gasteiger partial charge < -0.3 is 10.1 Å². The van der Waals surface area contributed by atoms with Gasteiger partial charge in [-0.2, -0.15) is 0 Å². The molecule has 4 rings (SSSR count). The fraction of sp³-hybridized carbons (Fsp3) is 0.120. The van der Waals surface area contributed by atoms with Crippen molar-refractivity contribution < 1.29 is 23.9 Å². The number of rotatable bonds is 7. The maximum atomic E-state index is 12.7. The smallest absolute Gasteiger partial charge is 0.324 e. The number of imide groups is 1. The average Bonchev–Trinajstić information content (AvgIpc) is 3.19. The molecule has 1 aliphatic heterocycles. The van der Waals surface area contributed by atoms with Crippen LogP contribution in [-0.4, -0.2) is 35.2 Å². The Morgan fingerprint density at radius 2 is 1.60 bits per heavy atom. The number of nitrogens with one attached hydrogen (secondary N) is 3. The summed E-state index contributed by atoms with van der Waals surface area (Å²) in [6, 6.07) is 19.8. The Hall–Kier alpha value is -4.37. The third kappa shape index (κ3) is 5.96. The van der Waals surface area contributed by atoms with E-state index < -0.39 is 17.8 Å². The standard InChI is InChI=1S/C25H21ClN4O5/c26-19-9-11-20(12-10-19)35-15-16-5-7-17(8-6-16)23(32)28-29-24(33)21-4-2-1-3-18(21)14-30-22(31)13-27-25(30)34/h1-12H,13-15H2,(H,27,34)(H,28,32)(H,29,33). The van der Waals surface area contributed by atoms with E-state index in [9.17, 15) is 19.2 Å². The summed E-state index contributed by atoms with van der Waals surface area (Å²) in [5.74, 6) is -0.779. The van der Waals surface area contributed by atoms with Crippen molar-refractivity contribution in [3.63, 3.8) is 0 Å². The van der Waals surface area contributed by atoms with Crippen LogP contribution < -0.4 is 20.9 Å². The average molecular weight is 493 g/mol. The number of hydrogen-bond donors (Lipinski definition) is 3. The highest BCUT2D eigenvalue weighted by Crippen LogP contribution is 2.17. The summed E-state index contributed by atoms with van der Waals surface area (Å²) in [6.45, 7) is 0.186. The number of urea groups is 1. The van der Waals surface area contributed by atoms with Crippen LogP contribution in [0.1, 0.15) is 31.8 Å². The van der Waals surface area contributed by atoms with Crippen LogP contribution in [0, 0.1) is 0 Å². The highest BCUT2D eigenvalue weighted by Gasteiger charge is 2.29. The van der Waals surface area contributed by atoms with Gasteiger partial charge in [0.15, 0.2) is 0 Å². The molecule has 35 heavy (non-hydrogen) atoms. The summed E-state index contributed by atoms with van der Waals surface area (Å²) in [7, 11) is 0. The van der Waals surface area contributed by atoms with E-state index in [2.05, 4.69) is 16.2 Å². The second-order valence-electron chi connectivity index (χ2n) is 7.64. The highest BCUT2D eigenvalue weighted by molar-refractivity contribution is 6.30. The largest absolute Gasteiger partial charge is 0.489 e. The van der Waals surface area contributed by atoms with Crippen LogP contribution in [0.15, 0.2) is 72.8 Å². The zero-order valence-electron chi connectivity index (χ0n) is 18.4. The van der Waals surface area contributed by atoms with E-state index in [1.165, 1.54) is 0 Å². The first-order chi connectivity index (χ1) is 16.9. The molecule has 0 aromatic heterocycles. The zero-order chi connectivity index (χ0) is 24.8. The Balaban J connectivity index is 1.32. The van der Waals surface area contributed by atoms with E-state index in [0.29, 0.717) is 28.5 Å². The molecular formula is C25H21ClN4O5. The van der Waals surface area contributed by atoms with Gasteiger partial charge in [-0.1, -0.05) is 41.9 Å². The molecule has 0 spiro atoms. The summed E-state index contributed by atoms with van der Waals surface area (Å²) < 4.78 is 5.68. The molecule has 3 aromatic carbocycles. The quantitative estimate of drug-likeness (QED) is 0.346. The molecule has 1 aliphatic rings. The van der Waals surface area contributed by atoms with Crippen LogP contribution in [0.5, 0.6) is 5.75 Å². The fourth-order valence-electron chi connectivity index (χ4n) is 3.37. The second-order valence-corrected chi connectivity index (χ2v) is 8.08. The minimum absolute atomic E-state index is 0.0538. The molecule has 0 aliphatic carbocycles. The molecule has 0 saturated carbocycles. The van der Waals surface area contributed by atoms with Crippen LogP contribution in [0.25, 0.3) is 0 Å². The minimum atomic E-state index is -0.575. The molecule has 9 nitrogen and oxygen atoms in total. The normalized spacial score (nSPS) is 12.8. The van der Waals surface area contributed by atoms with E-state index in [4.69, 9.17) is 16.3 Å². The Morgan fingerprint density at radius 3 is 2.29 bits per heavy atom. The molecule has 1 saturated heterocycles. The van der Waals surface area contributed by atoms with Gasteiger partial charge in [-0.25, -0.2) is 4.79 Å². The van der Waals surface area contributed by atoms with Crippen LogP contribution in [0.2, 0.25) is 5.02 Å².